The summed E-state index contributed by atoms with van der Waals surface area (Å²) < 4.78 is 15.2. The molecular weight excluding hydrogens is 545 g/mol. The van der Waals surface area contributed by atoms with Gasteiger partial charge in [0.25, 0.3) is 0 Å². The monoisotopic (exact) mass is 573 g/mol. The summed E-state index contributed by atoms with van der Waals surface area (Å²) in [6.07, 6.45) is 2.61. The number of amides is 1. The summed E-state index contributed by atoms with van der Waals surface area (Å²) in [5.74, 6) is 1.49. The Bertz CT molecular complexity index is 1470. The second-order valence-electron chi connectivity index (χ2n) is 9.89. The lowest BCUT2D eigenvalue weighted by molar-refractivity contribution is -0.131. The van der Waals surface area contributed by atoms with E-state index < -0.39 is 0 Å². The molecule has 1 aliphatic heterocycles. The molecule has 6 rings (SSSR count). The smallest absolute Gasteiger partial charge is 0.224 e. The maximum absolute atomic E-state index is 14.2. The molecule has 4 aromatic rings. The van der Waals surface area contributed by atoms with Gasteiger partial charge in [-0.1, -0.05) is 52.3 Å². The highest BCUT2D eigenvalue weighted by molar-refractivity contribution is 9.10. The van der Waals surface area contributed by atoms with Crippen LogP contribution in [0.2, 0.25) is 0 Å². The van der Waals surface area contributed by atoms with Gasteiger partial charge in [-0.3, -0.25) is 4.79 Å². The first-order chi connectivity index (χ1) is 18.6. The van der Waals surface area contributed by atoms with Crippen molar-refractivity contribution >= 4 is 44.2 Å². The minimum atomic E-state index is -0.216. The number of fused-ring (bicyclic) bond motifs is 1. The van der Waals surface area contributed by atoms with Crippen molar-refractivity contribution in [3.8, 4) is 11.4 Å². The molecule has 1 amide bonds. The number of piperazine rings is 1. The van der Waals surface area contributed by atoms with Gasteiger partial charge in [0.05, 0.1) is 11.2 Å². The number of hydrogen-bond acceptors (Lipinski definition) is 5. The third-order valence-corrected chi connectivity index (χ3v) is 7.81. The van der Waals surface area contributed by atoms with Gasteiger partial charge in [0.1, 0.15) is 11.6 Å². The molecule has 8 heteroatoms. The Kier molecular flexibility index (Phi) is 6.98. The molecule has 2 fully saturated rings. The molecule has 6 nitrogen and oxygen atoms in total. The predicted octanol–water partition coefficient (Wildman–Crippen LogP) is 5.91. The molecule has 0 spiro atoms. The van der Waals surface area contributed by atoms with Crippen molar-refractivity contribution in [1.82, 2.24) is 14.9 Å². The summed E-state index contributed by atoms with van der Waals surface area (Å²) in [7, 11) is 0. The van der Waals surface area contributed by atoms with E-state index in [1.54, 1.807) is 12.1 Å². The molecule has 1 saturated carbocycles. The van der Waals surface area contributed by atoms with Crippen molar-refractivity contribution in [2.45, 2.75) is 25.3 Å². The highest BCUT2D eigenvalue weighted by Gasteiger charge is 2.32. The third-order valence-electron chi connectivity index (χ3n) is 7.32. The van der Waals surface area contributed by atoms with E-state index in [1.807, 2.05) is 58.3 Å². The van der Waals surface area contributed by atoms with Gasteiger partial charge in [0.15, 0.2) is 5.82 Å². The number of halogens is 2. The first kappa shape index (κ1) is 24.8. The van der Waals surface area contributed by atoms with Crippen LogP contribution in [-0.4, -0.2) is 59.5 Å². The van der Waals surface area contributed by atoms with E-state index in [0.717, 1.165) is 39.6 Å². The first-order valence-corrected chi connectivity index (χ1v) is 13.9. The number of carbonyl (C=O) groups is 1. The van der Waals surface area contributed by atoms with Crippen LogP contribution >= 0.6 is 15.9 Å². The summed E-state index contributed by atoms with van der Waals surface area (Å²) >= 11 is 3.56. The predicted molar refractivity (Wildman–Crippen MR) is 153 cm³/mol. The summed E-state index contributed by atoms with van der Waals surface area (Å²) in [5, 5.41) is 1.00. The van der Waals surface area contributed by atoms with Crippen molar-refractivity contribution < 1.29 is 9.18 Å². The van der Waals surface area contributed by atoms with Gasteiger partial charge < -0.3 is 14.7 Å². The molecule has 38 heavy (non-hydrogen) atoms. The normalized spacial score (nSPS) is 15.6. The van der Waals surface area contributed by atoms with Gasteiger partial charge in [-0.05, 0) is 49.2 Å². The fourth-order valence-corrected chi connectivity index (χ4v) is 5.56. The summed E-state index contributed by atoms with van der Waals surface area (Å²) in [5.41, 5.74) is 2.45. The van der Waals surface area contributed by atoms with Gasteiger partial charge >= 0.3 is 0 Å². The van der Waals surface area contributed by atoms with Gasteiger partial charge in [0, 0.05) is 60.6 Å². The third kappa shape index (κ3) is 5.23. The van der Waals surface area contributed by atoms with Gasteiger partial charge in [-0.2, -0.15) is 0 Å². The molecule has 0 atom stereocenters. The largest absolute Gasteiger partial charge is 0.366 e. The zero-order valence-electron chi connectivity index (χ0n) is 21.1. The topological polar surface area (TPSA) is 52.6 Å². The lowest BCUT2D eigenvalue weighted by Crippen LogP contribution is -2.49. The molecule has 194 valence electrons. The van der Waals surface area contributed by atoms with E-state index in [9.17, 15) is 9.18 Å². The fraction of sp³-hybridized carbons (Fsp3) is 0.300. The standard InChI is InChI=1S/C30H29BrFN5O/c31-22-7-5-6-21(20-22)29-33-26-10-3-1-8-24(26)30(34-29)37(23-12-13-23)15-14-28(38)36-18-16-35(17-19-36)27-11-4-2-9-25(27)32/h1-11,20,23H,12-19H2. The van der Waals surface area contributed by atoms with E-state index in [0.29, 0.717) is 56.7 Å². The quantitative estimate of drug-likeness (QED) is 0.275. The molecule has 3 aromatic carbocycles. The van der Waals surface area contributed by atoms with Crippen LogP contribution in [0.25, 0.3) is 22.3 Å². The molecule has 1 aromatic heterocycles. The van der Waals surface area contributed by atoms with Crippen LogP contribution < -0.4 is 9.80 Å². The molecule has 0 N–H and O–H groups in total. The SMILES string of the molecule is O=C(CCN(c1nc(-c2cccc(Br)c2)nc2ccccc12)C1CC1)N1CCN(c2ccccc2F)CC1. The van der Waals surface area contributed by atoms with Gasteiger partial charge in [-0.25, -0.2) is 14.4 Å². The molecule has 1 saturated heterocycles. The second-order valence-corrected chi connectivity index (χ2v) is 10.8. The Balaban J connectivity index is 1.19. The molecular formula is C30H29BrFN5O. The Hall–Kier alpha value is -3.52. The van der Waals surface area contributed by atoms with Crippen LogP contribution in [0.1, 0.15) is 19.3 Å². The number of aromatic nitrogens is 2. The average molecular weight is 574 g/mol. The minimum absolute atomic E-state index is 0.134. The number of nitrogens with zero attached hydrogens (tertiary/aromatic N) is 5. The Morgan fingerprint density at radius 3 is 2.47 bits per heavy atom. The Labute approximate surface area is 230 Å². The number of para-hydroxylation sites is 2. The maximum atomic E-state index is 14.2. The number of rotatable bonds is 7. The van der Waals surface area contributed by atoms with Crippen LogP contribution in [0.4, 0.5) is 15.9 Å². The molecule has 2 heterocycles. The zero-order chi connectivity index (χ0) is 26.1. The van der Waals surface area contributed by atoms with Crippen LogP contribution in [-0.2, 0) is 4.79 Å². The second kappa shape index (κ2) is 10.7. The Morgan fingerprint density at radius 1 is 0.947 bits per heavy atom. The maximum Gasteiger partial charge on any atom is 0.224 e. The van der Waals surface area contributed by atoms with Crippen LogP contribution in [0.15, 0.2) is 77.3 Å². The number of benzene rings is 3. The fourth-order valence-electron chi connectivity index (χ4n) is 5.16. The minimum Gasteiger partial charge on any atom is -0.366 e. The highest BCUT2D eigenvalue weighted by atomic mass is 79.9. The summed E-state index contributed by atoms with van der Waals surface area (Å²) in [6.45, 7) is 3.06. The van der Waals surface area contributed by atoms with E-state index in [4.69, 9.17) is 9.97 Å². The number of carbonyl (C=O) groups excluding carboxylic acids is 1. The van der Waals surface area contributed by atoms with Crippen molar-refractivity contribution in [2.75, 3.05) is 42.5 Å². The van der Waals surface area contributed by atoms with Crippen molar-refractivity contribution in [3.63, 3.8) is 0 Å². The number of hydrogen-bond donors (Lipinski definition) is 0. The van der Waals surface area contributed by atoms with Crippen molar-refractivity contribution in [2.24, 2.45) is 0 Å². The van der Waals surface area contributed by atoms with E-state index in [1.165, 1.54) is 6.07 Å². The molecule has 0 unspecified atom stereocenters. The molecule has 0 radical (unpaired) electrons. The van der Waals surface area contributed by atoms with E-state index >= 15 is 0 Å². The van der Waals surface area contributed by atoms with Crippen molar-refractivity contribution in [3.05, 3.63) is 83.1 Å². The average Bonchev–Trinajstić information content (AvgIpc) is 3.79. The van der Waals surface area contributed by atoms with E-state index in [2.05, 4.69) is 26.9 Å². The van der Waals surface area contributed by atoms with Crippen LogP contribution in [0, 0.1) is 5.82 Å². The molecule has 2 aliphatic rings. The van der Waals surface area contributed by atoms with Crippen LogP contribution in [0.3, 0.4) is 0 Å². The molecule has 1 aliphatic carbocycles. The van der Waals surface area contributed by atoms with Gasteiger partial charge in [-0.15, -0.1) is 0 Å². The lowest BCUT2D eigenvalue weighted by atomic mass is 10.1. The van der Waals surface area contributed by atoms with Crippen LogP contribution in [0.5, 0.6) is 0 Å². The van der Waals surface area contributed by atoms with Crippen molar-refractivity contribution in [1.29, 1.82) is 0 Å². The lowest BCUT2D eigenvalue weighted by Gasteiger charge is -2.36. The highest BCUT2D eigenvalue weighted by Crippen LogP contribution is 2.36. The first-order valence-electron chi connectivity index (χ1n) is 13.1. The summed E-state index contributed by atoms with van der Waals surface area (Å²) in [4.78, 5) is 29.4. The zero-order valence-corrected chi connectivity index (χ0v) is 22.6. The van der Waals surface area contributed by atoms with Gasteiger partial charge in [0.2, 0.25) is 5.91 Å². The number of anilines is 2. The Morgan fingerprint density at radius 2 is 1.71 bits per heavy atom. The van der Waals surface area contributed by atoms with E-state index in [-0.39, 0.29) is 11.7 Å². The molecule has 0 bridgehead atoms. The summed E-state index contributed by atoms with van der Waals surface area (Å²) in [6, 6.07) is 23.3.